The zero-order chi connectivity index (χ0) is 21.6. The van der Waals surface area contributed by atoms with Gasteiger partial charge in [-0.15, -0.1) is 0 Å². The van der Waals surface area contributed by atoms with Crippen LogP contribution in [0.4, 0.5) is 4.79 Å². The number of hydrogen-bond donors (Lipinski definition) is 1. The van der Waals surface area contributed by atoms with E-state index in [0.29, 0.717) is 26.1 Å². The molecule has 160 valence electrons. The first-order valence-electron chi connectivity index (χ1n) is 10.4. The second-order valence-electron chi connectivity index (χ2n) is 7.59. The minimum atomic E-state index is -0.494. The summed E-state index contributed by atoms with van der Waals surface area (Å²) in [7, 11) is 1.34. The Balaban J connectivity index is 1.52. The van der Waals surface area contributed by atoms with Crippen molar-refractivity contribution in [1.82, 2.24) is 20.0 Å². The lowest BCUT2D eigenvalue weighted by Crippen LogP contribution is -2.45. The lowest BCUT2D eigenvalue weighted by atomic mass is 10.1. The van der Waals surface area contributed by atoms with Gasteiger partial charge in [0, 0.05) is 30.4 Å². The molecule has 2 heterocycles. The first-order valence-corrected chi connectivity index (χ1v) is 10.4. The van der Waals surface area contributed by atoms with Crippen LogP contribution in [-0.4, -0.2) is 46.4 Å². The molecule has 1 atom stereocenters. The zero-order valence-electron chi connectivity index (χ0n) is 17.5. The third kappa shape index (κ3) is 4.77. The molecule has 1 aliphatic rings. The number of rotatable bonds is 6. The molecule has 4 rings (SSSR count). The topological polar surface area (TPSA) is 76.5 Å². The number of carbonyl (C=O) groups is 2. The molecule has 7 nitrogen and oxygen atoms in total. The molecule has 31 heavy (non-hydrogen) atoms. The highest BCUT2D eigenvalue weighted by atomic mass is 16.5. The van der Waals surface area contributed by atoms with Crippen LogP contribution in [0, 0.1) is 0 Å². The van der Waals surface area contributed by atoms with E-state index < -0.39 is 12.1 Å². The van der Waals surface area contributed by atoms with Crippen LogP contribution < -0.4 is 5.32 Å². The highest BCUT2D eigenvalue weighted by Crippen LogP contribution is 2.23. The number of hydrogen-bond acceptors (Lipinski definition) is 4. The van der Waals surface area contributed by atoms with E-state index >= 15 is 0 Å². The molecule has 2 aromatic carbocycles. The van der Waals surface area contributed by atoms with Crippen LogP contribution >= 0.6 is 0 Å². The fourth-order valence-corrected chi connectivity index (χ4v) is 3.96. The van der Waals surface area contributed by atoms with Crippen molar-refractivity contribution in [3.63, 3.8) is 0 Å². The quantitative estimate of drug-likeness (QED) is 0.665. The predicted molar refractivity (Wildman–Crippen MR) is 117 cm³/mol. The number of aromatic nitrogens is 2. The van der Waals surface area contributed by atoms with Crippen LogP contribution in [0.5, 0.6) is 0 Å². The summed E-state index contributed by atoms with van der Waals surface area (Å²) in [6.07, 6.45) is 2.94. The fourth-order valence-electron chi connectivity index (χ4n) is 3.96. The molecule has 1 unspecified atom stereocenters. The minimum Gasteiger partial charge on any atom is -0.453 e. The summed E-state index contributed by atoms with van der Waals surface area (Å²) in [6, 6.07) is 19.6. The molecule has 7 heteroatoms. The first-order chi connectivity index (χ1) is 15.2. The Hall–Kier alpha value is -3.61. The summed E-state index contributed by atoms with van der Waals surface area (Å²) < 4.78 is 6.71. The van der Waals surface area contributed by atoms with Crippen molar-refractivity contribution in [2.45, 2.75) is 32.0 Å². The molecular formula is C24H26N4O3. The number of nitrogens with zero attached hydrogens (tertiary/aromatic N) is 3. The van der Waals surface area contributed by atoms with E-state index in [1.165, 1.54) is 12.0 Å². The Morgan fingerprint density at radius 2 is 1.81 bits per heavy atom. The second-order valence-corrected chi connectivity index (χ2v) is 7.59. The minimum absolute atomic E-state index is 0.169. The molecule has 1 N–H and O–H groups in total. The van der Waals surface area contributed by atoms with Crippen molar-refractivity contribution in [1.29, 1.82) is 0 Å². The zero-order valence-corrected chi connectivity index (χ0v) is 17.5. The van der Waals surface area contributed by atoms with Crippen LogP contribution in [0.15, 0.2) is 66.9 Å². The molecule has 1 saturated heterocycles. The summed E-state index contributed by atoms with van der Waals surface area (Å²) in [4.78, 5) is 26.2. The average molecular weight is 418 g/mol. The maximum absolute atomic E-state index is 12.8. The van der Waals surface area contributed by atoms with Crippen molar-refractivity contribution in [3.05, 3.63) is 78.0 Å². The van der Waals surface area contributed by atoms with E-state index in [-0.39, 0.29) is 5.91 Å². The number of benzene rings is 2. The summed E-state index contributed by atoms with van der Waals surface area (Å²) in [5, 5.41) is 7.78. The van der Waals surface area contributed by atoms with Crippen LogP contribution in [0.2, 0.25) is 0 Å². The second kappa shape index (κ2) is 9.47. The smallest absolute Gasteiger partial charge is 0.410 e. The van der Waals surface area contributed by atoms with Crippen molar-refractivity contribution in [2.75, 3.05) is 13.7 Å². The van der Waals surface area contributed by atoms with Gasteiger partial charge in [-0.05, 0) is 18.4 Å². The predicted octanol–water partition coefficient (Wildman–Crippen LogP) is 3.45. The number of amides is 2. The number of ether oxygens (including phenoxy) is 1. The summed E-state index contributed by atoms with van der Waals surface area (Å²) >= 11 is 0. The van der Waals surface area contributed by atoms with E-state index in [1.54, 1.807) is 0 Å². The Morgan fingerprint density at radius 1 is 1.10 bits per heavy atom. The normalized spacial score (nSPS) is 15.6. The van der Waals surface area contributed by atoms with Crippen LogP contribution in [-0.2, 0) is 22.6 Å². The Labute approximate surface area is 181 Å². The number of carbonyl (C=O) groups excluding carboxylic acids is 2. The van der Waals surface area contributed by atoms with E-state index in [9.17, 15) is 9.59 Å². The van der Waals surface area contributed by atoms with Gasteiger partial charge in [-0.1, -0.05) is 60.7 Å². The SMILES string of the molecule is COC(=O)N1CCCC1C(=O)NCc1cn(Cc2ccccc2)nc1-c1ccccc1. The highest BCUT2D eigenvalue weighted by molar-refractivity contribution is 5.86. The van der Waals surface area contributed by atoms with E-state index in [0.717, 1.165) is 28.8 Å². The molecular weight excluding hydrogens is 392 g/mol. The molecule has 1 fully saturated rings. The van der Waals surface area contributed by atoms with Crippen LogP contribution in [0.3, 0.4) is 0 Å². The third-order valence-electron chi connectivity index (χ3n) is 5.49. The molecule has 0 aliphatic carbocycles. The van der Waals surface area contributed by atoms with Gasteiger partial charge in [-0.25, -0.2) is 4.79 Å². The molecule has 1 aliphatic heterocycles. The standard InChI is InChI=1S/C24H26N4O3/c1-31-24(30)28-14-8-13-21(28)23(29)25-15-20-17-27(16-18-9-4-2-5-10-18)26-22(20)19-11-6-3-7-12-19/h2-7,9-12,17,21H,8,13-16H2,1H3,(H,25,29). The van der Waals surface area contributed by atoms with Crippen LogP contribution in [0.25, 0.3) is 11.3 Å². The van der Waals surface area contributed by atoms with Crippen molar-refractivity contribution >= 4 is 12.0 Å². The Kier molecular flexibility index (Phi) is 6.31. The van der Waals surface area contributed by atoms with Crippen molar-refractivity contribution in [2.24, 2.45) is 0 Å². The van der Waals surface area contributed by atoms with Crippen molar-refractivity contribution in [3.8, 4) is 11.3 Å². The molecule has 0 radical (unpaired) electrons. The van der Waals surface area contributed by atoms with Gasteiger partial charge in [0.25, 0.3) is 0 Å². The molecule has 0 spiro atoms. The van der Waals surface area contributed by atoms with Gasteiger partial charge in [-0.2, -0.15) is 5.10 Å². The summed E-state index contributed by atoms with van der Waals surface area (Å²) in [5.74, 6) is -0.169. The Morgan fingerprint density at radius 3 is 2.52 bits per heavy atom. The van der Waals surface area contributed by atoms with Crippen LogP contribution in [0.1, 0.15) is 24.0 Å². The number of likely N-dealkylation sites (tertiary alicyclic amines) is 1. The maximum atomic E-state index is 12.8. The monoisotopic (exact) mass is 418 g/mol. The van der Waals surface area contributed by atoms with Crippen molar-refractivity contribution < 1.29 is 14.3 Å². The lowest BCUT2D eigenvalue weighted by molar-refractivity contribution is -0.125. The highest BCUT2D eigenvalue weighted by Gasteiger charge is 2.34. The molecule has 0 saturated carbocycles. The summed E-state index contributed by atoms with van der Waals surface area (Å²) in [6.45, 7) is 1.52. The summed E-state index contributed by atoms with van der Waals surface area (Å²) in [5.41, 5.74) is 3.92. The van der Waals surface area contributed by atoms with E-state index in [4.69, 9.17) is 9.84 Å². The maximum Gasteiger partial charge on any atom is 0.410 e. The first kappa shape index (κ1) is 20.7. The third-order valence-corrected chi connectivity index (χ3v) is 5.49. The Bertz CT molecular complexity index is 1030. The average Bonchev–Trinajstić information content (AvgIpc) is 3.46. The van der Waals surface area contributed by atoms with Gasteiger partial charge in [0.1, 0.15) is 6.04 Å². The van der Waals surface area contributed by atoms with Gasteiger partial charge >= 0.3 is 6.09 Å². The van der Waals surface area contributed by atoms with Gasteiger partial charge in [0.15, 0.2) is 0 Å². The van der Waals surface area contributed by atoms with Gasteiger partial charge in [0.2, 0.25) is 5.91 Å². The molecule has 3 aromatic rings. The lowest BCUT2D eigenvalue weighted by Gasteiger charge is -2.22. The van der Waals surface area contributed by atoms with Gasteiger partial charge in [-0.3, -0.25) is 14.4 Å². The fraction of sp³-hybridized carbons (Fsp3) is 0.292. The van der Waals surface area contributed by atoms with Gasteiger partial charge < -0.3 is 10.1 Å². The number of methoxy groups -OCH3 is 1. The largest absolute Gasteiger partial charge is 0.453 e. The molecule has 0 bridgehead atoms. The van der Waals surface area contributed by atoms with E-state index in [1.807, 2.05) is 59.4 Å². The van der Waals surface area contributed by atoms with Gasteiger partial charge in [0.05, 0.1) is 19.3 Å². The molecule has 2 amide bonds. The molecule has 1 aromatic heterocycles. The number of nitrogens with one attached hydrogen (secondary N) is 1. The van der Waals surface area contributed by atoms with E-state index in [2.05, 4.69) is 17.4 Å².